The maximum atomic E-state index is 2.43. The van der Waals surface area contributed by atoms with E-state index in [-0.39, 0.29) is 5.41 Å². The number of fused-ring (bicyclic) bond motifs is 10. The molecular formula is C51H34S. The van der Waals surface area contributed by atoms with Gasteiger partial charge in [-0.1, -0.05) is 159 Å². The van der Waals surface area contributed by atoms with Crippen LogP contribution in [0.2, 0.25) is 0 Å². The normalized spacial score (nSPS) is 13.3. The van der Waals surface area contributed by atoms with Crippen LogP contribution in [0.15, 0.2) is 170 Å². The van der Waals surface area contributed by atoms with Crippen LogP contribution in [0, 0.1) is 0 Å². The quantitative estimate of drug-likeness (QED) is 0.163. The second-order valence-corrected chi connectivity index (χ2v) is 15.9. The van der Waals surface area contributed by atoms with Crippen molar-refractivity contribution in [2.75, 3.05) is 0 Å². The molecule has 0 N–H and O–H groups in total. The minimum atomic E-state index is -0.0719. The van der Waals surface area contributed by atoms with Gasteiger partial charge in [-0.05, 0) is 112 Å². The van der Waals surface area contributed by atoms with Gasteiger partial charge >= 0.3 is 0 Å². The minimum absolute atomic E-state index is 0.0719. The van der Waals surface area contributed by atoms with E-state index >= 15 is 0 Å². The van der Waals surface area contributed by atoms with Crippen LogP contribution in [-0.2, 0) is 5.41 Å². The lowest BCUT2D eigenvalue weighted by atomic mass is 9.80. The van der Waals surface area contributed by atoms with Crippen molar-refractivity contribution in [3.63, 3.8) is 0 Å². The van der Waals surface area contributed by atoms with Crippen molar-refractivity contribution in [3.05, 3.63) is 181 Å². The van der Waals surface area contributed by atoms with Gasteiger partial charge in [0.05, 0.1) is 0 Å². The van der Waals surface area contributed by atoms with Crippen LogP contribution in [0.1, 0.15) is 25.0 Å². The molecule has 0 radical (unpaired) electrons. The van der Waals surface area contributed by atoms with Crippen LogP contribution >= 0.6 is 11.3 Å². The highest BCUT2D eigenvalue weighted by atomic mass is 32.1. The predicted octanol–water partition coefficient (Wildman–Crippen LogP) is 14.8. The van der Waals surface area contributed by atoms with Crippen LogP contribution in [0.4, 0.5) is 0 Å². The zero-order valence-electron chi connectivity index (χ0n) is 29.1. The monoisotopic (exact) mass is 678 g/mol. The first-order chi connectivity index (χ1) is 25.5. The molecule has 0 atom stereocenters. The second kappa shape index (κ2) is 11.0. The summed E-state index contributed by atoms with van der Waals surface area (Å²) in [7, 11) is 0. The fourth-order valence-corrected chi connectivity index (χ4v) is 10.4. The van der Waals surface area contributed by atoms with Gasteiger partial charge in [-0.2, -0.15) is 0 Å². The summed E-state index contributed by atoms with van der Waals surface area (Å²) < 4.78 is 2.74. The molecule has 0 spiro atoms. The van der Waals surface area contributed by atoms with E-state index < -0.39 is 0 Å². The summed E-state index contributed by atoms with van der Waals surface area (Å²) in [5.41, 5.74) is 13.1. The van der Waals surface area contributed by atoms with Crippen LogP contribution in [-0.4, -0.2) is 0 Å². The van der Waals surface area contributed by atoms with Gasteiger partial charge in [0, 0.05) is 25.6 Å². The Hall–Kier alpha value is -6.02. The Morgan fingerprint density at radius 2 is 0.942 bits per heavy atom. The molecule has 0 amide bonds. The molecular weight excluding hydrogens is 645 g/mol. The molecule has 244 valence electrons. The summed E-state index contributed by atoms with van der Waals surface area (Å²) in [6.45, 7) is 4.80. The van der Waals surface area contributed by atoms with Crippen LogP contribution in [0.25, 0.3) is 97.0 Å². The molecule has 11 rings (SSSR count). The smallest absolute Gasteiger partial charge is 0.0358 e. The first-order valence-corrected chi connectivity index (χ1v) is 19.0. The van der Waals surface area contributed by atoms with Crippen molar-refractivity contribution < 1.29 is 0 Å². The summed E-state index contributed by atoms with van der Waals surface area (Å²) in [6.07, 6.45) is 0. The topological polar surface area (TPSA) is 0 Å². The zero-order valence-corrected chi connectivity index (χ0v) is 29.9. The molecule has 0 aliphatic heterocycles. The maximum Gasteiger partial charge on any atom is 0.0358 e. The molecule has 0 unspecified atom stereocenters. The van der Waals surface area contributed by atoms with Crippen molar-refractivity contribution in [1.82, 2.24) is 0 Å². The Morgan fingerprint density at radius 1 is 0.385 bits per heavy atom. The largest absolute Gasteiger partial charge is 0.135 e. The van der Waals surface area contributed by atoms with Gasteiger partial charge in [-0.15, -0.1) is 11.3 Å². The van der Waals surface area contributed by atoms with Crippen LogP contribution in [0.5, 0.6) is 0 Å². The van der Waals surface area contributed by atoms with Crippen LogP contribution in [0.3, 0.4) is 0 Å². The minimum Gasteiger partial charge on any atom is -0.135 e. The van der Waals surface area contributed by atoms with E-state index in [1.165, 1.54) is 108 Å². The lowest BCUT2D eigenvalue weighted by molar-refractivity contribution is 0.667. The molecule has 1 heterocycles. The molecule has 0 saturated heterocycles. The highest BCUT2D eigenvalue weighted by molar-refractivity contribution is 7.25. The molecule has 9 aromatic carbocycles. The lowest BCUT2D eigenvalue weighted by Gasteiger charge is -2.22. The second-order valence-electron chi connectivity index (χ2n) is 14.8. The van der Waals surface area contributed by atoms with Crippen molar-refractivity contribution >= 4 is 63.8 Å². The third-order valence-corrected chi connectivity index (χ3v) is 12.8. The van der Waals surface area contributed by atoms with E-state index in [2.05, 4.69) is 184 Å². The van der Waals surface area contributed by atoms with Crippen molar-refractivity contribution in [2.45, 2.75) is 19.3 Å². The van der Waals surface area contributed by atoms with E-state index in [0.717, 1.165) is 0 Å². The zero-order chi connectivity index (χ0) is 34.6. The van der Waals surface area contributed by atoms with Gasteiger partial charge in [-0.3, -0.25) is 0 Å². The number of thiophene rings is 1. The number of benzene rings is 9. The molecule has 10 aromatic rings. The Labute approximate surface area is 307 Å². The Bertz CT molecular complexity index is 3030. The SMILES string of the molecule is CC1(C)c2ccc(-c3ccc(-c4c5ccccc5c(-c5ccc6ccccc6c5)c5ccccc45)cc3)cc2-c2ccc3sc4ccccc4c3c21. The first kappa shape index (κ1) is 29.7. The Kier molecular flexibility index (Phi) is 6.27. The van der Waals surface area contributed by atoms with Gasteiger partial charge in [0.2, 0.25) is 0 Å². The molecule has 1 aromatic heterocycles. The summed E-state index contributed by atoms with van der Waals surface area (Å²) in [6, 6.07) is 63.4. The van der Waals surface area contributed by atoms with Gasteiger partial charge in [0.15, 0.2) is 0 Å². The highest BCUT2D eigenvalue weighted by Gasteiger charge is 2.38. The molecule has 0 saturated carbocycles. The van der Waals surface area contributed by atoms with Gasteiger partial charge < -0.3 is 0 Å². The Morgan fingerprint density at radius 3 is 1.65 bits per heavy atom. The van der Waals surface area contributed by atoms with E-state index in [0.29, 0.717) is 0 Å². The molecule has 1 heteroatoms. The van der Waals surface area contributed by atoms with E-state index in [1.807, 2.05) is 11.3 Å². The third kappa shape index (κ3) is 4.21. The van der Waals surface area contributed by atoms with Gasteiger partial charge in [0.1, 0.15) is 0 Å². The van der Waals surface area contributed by atoms with E-state index in [4.69, 9.17) is 0 Å². The summed E-state index contributed by atoms with van der Waals surface area (Å²) >= 11 is 1.91. The molecule has 0 bridgehead atoms. The maximum absolute atomic E-state index is 2.43. The first-order valence-electron chi connectivity index (χ1n) is 18.2. The fraction of sp³-hybridized carbons (Fsp3) is 0.0588. The molecule has 1 aliphatic carbocycles. The van der Waals surface area contributed by atoms with E-state index in [9.17, 15) is 0 Å². The van der Waals surface area contributed by atoms with Crippen molar-refractivity contribution in [1.29, 1.82) is 0 Å². The van der Waals surface area contributed by atoms with Gasteiger partial charge in [0.25, 0.3) is 0 Å². The lowest BCUT2D eigenvalue weighted by Crippen LogP contribution is -2.15. The van der Waals surface area contributed by atoms with Gasteiger partial charge in [-0.25, -0.2) is 0 Å². The predicted molar refractivity (Wildman–Crippen MR) is 226 cm³/mol. The molecule has 0 fully saturated rings. The fourth-order valence-electron chi connectivity index (χ4n) is 9.24. The standard InChI is InChI=1S/C51H34S/c1-51(2)44-27-25-35(30-43(44)41-26-28-46-49(50(41)51)42-17-9-10-18-45(42)52-46)32-19-22-33(23-20-32)47-37-13-5-7-15-39(37)48(40-16-8-6-14-38(40)47)36-24-21-31-11-3-4-12-34(31)29-36/h3-30H,1-2H3. The third-order valence-electron chi connectivity index (χ3n) is 11.6. The number of hydrogen-bond acceptors (Lipinski definition) is 1. The Balaban J connectivity index is 1.05. The van der Waals surface area contributed by atoms with Crippen LogP contribution < -0.4 is 0 Å². The summed E-state index contributed by atoms with van der Waals surface area (Å²) in [5, 5.41) is 10.5. The molecule has 1 aliphatic rings. The summed E-state index contributed by atoms with van der Waals surface area (Å²) in [5.74, 6) is 0. The van der Waals surface area contributed by atoms with E-state index in [1.54, 1.807) is 0 Å². The average molecular weight is 679 g/mol. The summed E-state index contributed by atoms with van der Waals surface area (Å²) in [4.78, 5) is 0. The average Bonchev–Trinajstić information content (AvgIpc) is 3.68. The number of hydrogen-bond donors (Lipinski definition) is 0. The number of rotatable bonds is 3. The molecule has 52 heavy (non-hydrogen) atoms. The highest BCUT2D eigenvalue weighted by Crippen LogP contribution is 2.54. The van der Waals surface area contributed by atoms with Crippen molar-refractivity contribution in [2.24, 2.45) is 0 Å². The van der Waals surface area contributed by atoms with Crippen molar-refractivity contribution in [3.8, 4) is 44.5 Å². The molecule has 0 nitrogen and oxygen atoms in total.